The maximum Gasteiger partial charge on any atom is 0.119 e. The Morgan fingerprint density at radius 3 is 3.00 bits per heavy atom. The largest absolute Gasteiger partial charge is 0.497 e. The maximum atomic E-state index is 5.28. The Hall–Kier alpha value is -1.44. The van der Waals surface area contributed by atoms with Crippen molar-refractivity contribution in [3.8, 4) is 5.75 Å². The van der Waals surface area contributed by atoms with Crippen LogP contribution in [-0.4, -0.2) is 13.7 Å². The maximum absolute atomic E-state index is 5.28. The quantitative estimate of drug-likeness (QED) is 0.777. The van der Waals surface area contributed by atoms with Crippen molar-refractivity contribution in [1.82, 2.24) is 5.32 Å². The van der Waals surface area contributed by atoms with Crippen molar-refractivity contribution >= 4 is 5.57 Å². The third-order valence-electron chi connectivity index (χ3n) is 3.59. The molecule has 1 aromatic rings. The molecule has 0 fully saturated rings. The van der Waals surface area contributed by atoms with Gasteiger partial charge in [-0.2, -0.15) is 0 Å². The molecule has 2 nitrogen and oxygen atoms in total. The fourth-order valence-corrected chi connectivity index (χ4v) is 2.76. The molecule has 0 saturated carbocycles. The lowest BCUT2D eigenvalue weighted by atomic mass is 9.84. The van der Waals surface area contributed by atoms with Crippen molar-refractivity contribution in [2.24, 2.45) is 0 Å². The number of methoxy groups -OCH3 is 1. The lowest BCUT2D eigenvalue weighted by Gasteiger charge is -2.28. The van der Waals surface area contributed by atoms with E-state index in [2.05, 4.69) is 23.5 Å². The van der Waals surface area contributed by atoms with E-state index < -0.39 is 0 Å². The van der Waals surface area contributed by atoms with Gasteiger partial charge in [-0.25, -0.2) is 0 Å². The van der Waals surface area contributed by atoms with E-state index in [1.54, 1.807) is 7.11 Å². The van der Waals surface area contributed by atoms with Crippen molar-refractivity contribution in [3.05, 3.63) is 35.0 Å². The zero-order valence-electron chi connectivity index (χ0n) is 9.68. The van der Waals surface area contributed by atoms with Gasteiger partial charge >= 0.3 is 0 Å². The number of aryl methyl sites for hydroxylation is 1. The van der Waals surface area contributed by atoms with E-state index in [4.69, 9.17) is 4.74 Å². The molecule has 1 aliphatic heterocycles. The molecule has 0 bridgehead atoms. The number of benzene rings is 1. The Kier molecular flexibility index (Phi) is 2.35. The number of hydrogen-bond donors (Lipinski definition) is 1. The summed E-state index contributed by atoms with van der Waals surface area (Å²) >= 11 is 0. The number of hydrogen-bond acceptors (Lipinski definition) is 2. The smallest absolute Gasteiger partial charge is 0.119 e. The van der Waals surface area contributed by atoms with Gasteiger partial charge < -0.3 is 10.1 Å². The summed E-state index contributed by atoms with van der Waals surface area (Å²) in [7, 11) is 1.73. The van der Waals surface area contributed by atoms with Gasteiger partial charge in [0.2, 0.25) is 0 Å². The van der Waals surface area contributed by atoms with Gasteiger partial charge in [0.1, 0.15) is 5.75 Å². The minimum atomic E-state index is 0.978. The number of rotatable bonds is 1. The zero-order valence-corrected chi connectivity index (χ0v) is 9.68. The Morgan fingerprint density at radius 2 is 2.12 bits per heavy atom. The molecule has 1 heterocycles. The van der Waals surface area contributed by atoms with Crippen LogP contribution in [0.25, 0.3) is 5.57 Å². The second kappa shape index (κ2) is 3.85. The van der Waals surface area contributed by atoms with Crippen LogP contribution in [0.3, 0.4) is 0 Å². The molecule has 2 heteroatoms. The second-order valence-electron chi connectivity index (χ2n) is 4.51. The third-order valence-corrected chi connectivity index (χ3v) is 3.59. The molecule has 3 rings (SSSR count). The lowest BCUT2D eigenvalue weighted by Crippen LogP contribution is -2.24. The molecule has 0 saturated heterocycles. The van der Waals surface area contributed by atoms with E-state index in [-0.39, 0.29) is 0 Å². The molecule has 84 valence electrons. The van der Waals surface area contributed by atoms with E-state index in [1.165, 1.54) is 35.2 Å². The summed E-state index contributed by atoms with van der Waals surface area (Å²) in [5.74, 6) is 0.978. The average Bonchev–Trinajstić information content (AvgIpc) is 2.38. The van der Waals surface area contributed by atoms with E-state index in [0.29, 0.717) is 0 Å². The van der Waals surface area contributed by atoms with E-state index in [9.17, 15) is 0 Å². The van der Waals surface area contributed by atoms with Crippen LogP contribution in [0.2, 0.25) is 0 Å². The summed E-state index contributed by atoms with van der Waals surface area (Å²) in [5.41, 5.74) is 5.90. The second-order valence-corrected chi connectivity index (χ2v) is 4.51. The molecule has 0 aromatic heterocycles. The number of allylic oxidation sites excluding steroid dienone is 2. The highest BCUT2D eigenvalue weighted by Gasteiger charge is 2.21. The summed E-state index contributed by atoms with van der Waals surface area (Å²) in [5, 5.41) is 3.54. The fourth-order valence-electron chi connectivity index (χ4n) is 2.76. The highest BCUT2D eigenvalue weighted by molar-refractivity contribution is 5.74. The molecular formula is C14H17NO. The van der Waals surface area contributed by atoms with Crippen LogP contribution in [0, 0.1) is 0 Å². The third kappa shape index (κ3) is 1.49. The average molecular weight is 215 g/mol. The number of nitrogens with one attached hydrogen (secondary N) is 1. The molecule has 16 heavy (non-hydrogen) atoms. The molecule has 1 aromatic carbocycles. The van der Waals surface area contributed by atoms with Crippen LogP contribution < -0.4 is 10.1 Å². The van der Waals surface area contributed by atoms with Crippen LogP contribution in [0.4, 0.5) is 0 Å². The topological polar surface area (TPSA) is 21.3 Å². The fraction of sp³-hybridized carbons (Fsp3) is 0.429. The van der Waals surface area contributed by atoms with Crippen molar-refractivity contribution in [2.45, 2.75) is 25.7 Å². The summed E-state index contributed by atoms with van der Waals surface area (Å²) in [6.07, 6.45) is 4.78. The first kappa shape index (κ1) is 9.76. The lowest BCUT2D eigenvalue weighted by molar-refractivity contribution is 0.414. The predicted molar refractivity (Wildman–Crippen MR) is 65.5 cm³/mol. The van der Waals surface area contributed by atoms with Crippen molar-refractivity contribution in [3.63, 3.8) is 0 Å². The summed E-state index contributed by atoms with van der Waals surface area (Å²) < 4.78 is 5.28. The number of fused-ring (bicyclic) bond motifs is 2. The Bertz CT molecular complexity index is 448. The van der Waals surface area contributed by atoms with Crippen LogP contribution >= 0.6 is 0 Å². The van der Waals surface area contributed by atoms with Gasteiger partial charge in [-0.05, 0) is 54.5 Å². The molecule has 1 N–H and O–H groups in total. The predicted octanol–water partition coefficient (Wildman–Crippen LogP) is 2.74. The summed E-state index contributed by atoms with van der Waals surface area (Å²) in [6, 6.07) is 6.48. The normalized spacial score (nSPS) is 18.6. The standard InChI is InChI=1S/C14H17NO/c1-16-11-5-6-12-10(9-11)4-7-14-13(12)3-2-8-15-14/h5-6,9,15H,2-4,7-8H2,1H3. The van der Waals surface area contributed by atoms with E-state index in [1.807, 2.05) is 0 Å². The molecule has 2 aliphatic rings. The van der Waals surface area contributed by atoms with Crippen molar-refractivity contribution < 1.29 is 4.74 Å². The first-order valence-electron chi connectivity index (χ1n) is 6.01. The molecule has 0 atom stereocenters. The van der Waals surface area contributed by atoms with Gasteiger partial charge in [0.15, 0.2) is 0 Å². The van der Waals surface area contributed by atoms with E-state index >= 15 is 0 Å². The monoisotopic (exact) mass is 215 g/mol. The van der Waals surface area contributed by atoms with Gasteiger partial charge in [0.25, 0.3) is 0 Å². The molecule has 0 radical (unpaired) electrons. The van der Waals surface area contributed by atoms with Crippen molar-refractivity contribution in [1.29, 1.82) is 0 Å². The molecule has 0 spiro atoms. The Morgan fingerprint density at radius 1 is 1.19 bits per heavy atom. The van der Waals surface area contributed by atoms with Gasteiger partial charge in [-0.15, -0.1) is 0 Å². The van der Waals surface area contributed by atoms with Crippen molar-refractivity contribution in [2.75, 3.05) is 13.7 Å². The molecular weight excluding hydrogens is 198 g/mol. The SMILES string of the molecule is COc1ccc2c(c1)CCC1=C2CCCN1. The Labute approximate surface area is 96.3 Å². The van der Waals surface area contributed by atoms with Crippen LogP contribution in [0.5, 0.6) is 5.75 Å². The van der Waals surface area contributed by atoms with Gasteiger partial charge in [-0.3, -0.25) is 0 Å². The van der Waals surface area contributed by atoms with Gasteiger partial charge in [0, 0.05) is 12.2 Å². The van der Waals surface area contributed by atoms with Crippen LogP contribution in [0.1, 0.15) is 30.4 Å². The van der Waals surface area contributed by atoms with E-state index in [0.717, 1.165) is 25.1 Å². The number of ether oxygens (including phenoxy) is 1. The zero-order chi connectivity index (χ0) is 11.0. The highest BCUT2D eigenvalue weighted by Crippen LogP contribution is 2.36. The summed E-state index contributed by atoms with van der Waals surface area (Å²) in [6.45, 7) is 1.14. The minimum absolute atomic E-state index is 0.978. The van der Waals surface area contributed by atoms with Crippen LogP contribution in [-0.2, 0) is 6.42 Å². The van der Waals surface area contributed by atoms with Gasteiger partial charge in [-0.1, -0.05) is 6.07 Å². The summed E-state index contributed by atoms with van der Waals surface area (Å²) in [4.78, 5) is 0. The Balaban J connectivity index is 2.07. The first-order valence-corrected chi connectivity index (χ1v) is 6.01. The molecule has 0 unspecified atom stereocenters. The van der Waals surface area contributed by atoms with Gasteiger partial charge in [0.05, 0.1) is 7.11 Å². The minimum Gasteiger partial charge on any atom is -0.497 e. The molecule has 0 amide bonds. The first-order chi connectivity index (χ1) is 7.88. The molecule has 1 aliphatic carbocycles. The highest BCUT2D eigenvalue weighted by atomic mass is 16.5. The van der Waals surface area contributed by atoms with Crippen LogP contribution in [0.15, 0.2) is 23.9 Å².